The van der Waals surface area contributed by atoms with Gasteiger partial charge in [-0.1, -0.05) is 85.8 Å². The number of aliphatic carboxylic acids is 1. The van der Waals surface area contributed by atoms with E-state index in [1.54, 1.807) is 0 Å². The molecule has 0 saturated heterocycles. The van der Waals surface area contributed by atoms with Crippen LogP contribution in [0, 0.1) is 5.92 Å². The molecule has 0 radical (unpaired) electrons. The summed E-state index contributed by atoms with van der Waals surface area (Å²) < 4.78 is 5.97. The topological polar surface area (TPSA) is 66.8 Å². The maximum absolute atomic E-state index is 13.7. The number of para-hydroxylation sites is 1. The van der Waals surface area contributed by atoms with Crippen molar-refractivity contribution in [3.8, 4) is 11.1 Å². The van der Waals surface area contributed by atoms with Crippen molar-refractivity contribution in [1.82, 2.24) is 0 Å². The standard InChI is InChI=1S/C30H27NO4/c1-2-18-9-7-15-24-23-14-8-16-25(23)28(29(32)33)31(27(18)24)30(34)35-17-26-21-12-5-3-10-19(21)20-11-4-6-13-22(20)26/h3-15,23,25-26,28H,2,16-17H2,1H3,(H,32,33)/t23-,25-,28+/m1/s1. The summed E-state index contributed by atoms with van der Waals surface area (Å²) in [6.07, 6.45) is 4.86. The van der Waals surface area contributed by atoms with Gasteiger partial charge < -0.3 is 9.84 Å². The molecular weight excluding hydrogens is 438 g/mol. The van der Waals surface area contributed by atoms with Crippen molar-refractivity contribution >= 4 is 17.7 Å². The van der Waals surface area contributed by atoms with E-state index in [2.05, 4.69) is 30.3 Å². The lowest BCUT2D eigenvalue weighted by Gasteiger charge is -2.42. The zero-order valence-electron chi connectivity index (χ0n) is 19.6. The number of allylic oxidation sites excluding steroid dienone is 2. The highest BCUT2D eigenvalue weighted by atomic mass is 16.6. The van der Waals surface area contributed by atoms with Crippen LogP contribution in [0.4, 0.5) is 10.5 Å². The molecule has 1 N–H and O–H groups in total. The van der Waals surface area contributed by atoms with Crippen LogP contribution >= 0.6 is 0 Å². The summed E-state index contributed by atoms with van der Waals surface area (Å²) in [5.74, 6) is -1.28. The molecule has 0 fully saturated rings. The summed E-state index contributed by atoms with van der Waals surface area (Å²) >= 11 is 0. The molecule has 2 aliphatic carbocycles. The number of ether oxygens (including phenoxy) is 1. The number of amides is 1. The molecule has 1 heterocycles. The van der Waals surface area contributed by atoms with E-state index < -0.39 is 18.1 Å². The van der Waals surface area contributed by atoms with Gasteiger partial charge in [-0.15, -0.1) is 0 Å². The van der Waals surface area contributed by atoms with E-state index in [-0.39, 0.29) is 24.4 Å². The van der Waals surface area contributed by atoms with Crippen LogP contribution in [0.3, 0.4) is 0 Å². The number of carboxylic acids is 1. The fourth-order valence-corrected chi connectivity index (χ4v) is 6.28. The van der Waals surface area contributed by atoms with E-state index >= 15 is 0 Å². The minimum absolute atomic E-state index is 0.00441. The van der Waals surface area contributed by atoms with E-state index in [0.29, 0.717) is 18.5 Å². The lowest BCUT2D eigenvalue weighted by molar-refractivity contribution is -0.140. The fraction of sp³-hybridized carbons (Fsp3) is 0.267. The Kier molecular flexibility index (Phi) is 5.21. The van der Waals surface area contributed by atoms with Crippen LogP contribution in [0.1, 0.15) is 47.4 Å². The highest BCUT2D eigenvalue weighted by molar-refractivity contribution is 5.98. The lowest BCUT2D eigenvalue weighted by Crippen LogP contribution is -2.54. The molecule has 0 spiro atoms. The van der Waals surface area contributed by atoms with E-state index in [9.17, 15) is 14.7 Å². The minimum atomic E-state index is -0.992. The number of carbonyl (C=O) groups excluding carboxylic acids is 1. The first-order chi connectivity index (χ1) is 17.1. The van der Waals surface area contributed by atoms with Gasteiger partial charge in [-0.3, -0.25) is 4.90 Å². The molecule has 0 aromatic heterocycles. The average Bonchev–Trinajstić information content (AvgIpc) is 3.49. The Labute approximate surface area is 204 Å². The molecule has 0 unspecified atom stereocenters. The number of anilines is 1. The first-order valence-corrected chi connectivity index (χ1v) is 12.3. The predicted octanol–water partition coefficient (Wildman–Crippen LogP) is 6.13. The molecule has 0 bridgehead atoms. The van der Waals surface area contributed by atoms with Gasteiger partial charge in [0.05, 0.1) is 5.69 Å². The Morgan fingerprint density at radius 3 is 2.26 bits per heavy atom. The summed E-state index contributed by atoms with van der Waals surface area (Å²) in [7, 11) is 0. The molecule has 3 atom stereocenters. The third-order valence-corrected chi connectivity index (χ3v) is 7.81. The lowest BCUT2D eigenvalue weighted by atomic mass is 9.77. The van der Waals surface area contributed by atoms with Crippen molar-refractivity contribution in [1.29, 1.82) is 0 Å². The summed E-state index contributed by atoms with van der Waals surface area (Å²) in [5.41, 5.74) is 7.24. The van der Waals surface area contributed by atoms with Gasteiger partial charge in [-0.25, -0.2) is 9.59 Å². The second-order valence-electron chi connectivity index (χ2n) is 9.52. The molecule has 5 nitrogen and oxygen atoms in total. The minimum Gasteiger partial charge on any atom is -0.480 e. The van der Waals surface area contributed by atoms with Crippen molar-refractivity contribution < 1.29 is 19.4 Å². The van der Waals surface area contributed by atoms with Crippen LogP contribution < -0.4 is 4.90 Å². The summed E-state index contributed by atoms with van der Waals surface area (Å²) in [5, 5.41) is 10.3. The first kappa shape index (κ1) is 21.7. The number of rotatable bonds is 4. The Bertz CT molecular complexity index is 1310. The smallest absolute Gasteiger partial charge is 0.415 e. The van der Waals surface area contributed by atoms with Gasteiger partial charge >= 0.3 is 12.1 Å². The normalized spacial score (nSPS) is 21.7. The highest BCUT2D eigenvalue weighted by Gasteiger charge is 2.49. The average molecular weight is 466 g/mol. The molecule has 3 aromatic carbocycles. The molecule has 6 rings (SSSR count). The van der Waals surface area contributed by atoms with Gasteiger partial charge in [-0.05, 0) is 46.2 Å². The number of nitrogens with zero attached hydrogens (tertiary/aromatic N) is 1. The maximum atomic E-state index is 13.7. The van der Waals surface area contributed by atoms with Crippen molar-refractivity contribution in [2.75, 3.05) is 11.5 Å². The number of aryl methyl sites for hydroxylation is 1. The molecule has 5 heteroatoms. The number of hydrogen-bond donors (Lipinski definition) is 1. The summed E-state index contributed by atoms with van der Waals surface area (Å²) in [4.78, 5) is 27.7. The fourth-order valence-electron chi connectivity index (χ4n) is 6.28. The van der Waals surface area contributed by atoms with E-state index in [1.165, 1.54) is 4.90 Å². The molecule has 1 amide bonds. The zero-order chi connectivity index (χ0) is 24.1. The molecular formula is C30H27NO4. The van der Waals surface area contributed by atoms with Crippen molar-refractivity contribution in [3.05, 3.63) is 101 Å². The number of carboxylic acid groups (broad SMARTS) is 1. The Morgan fingerprint density at radius 2 is 1.60 bits per heavy atom. The van der Waals surface area contributed by atoms with Crippen molar-refractivity contribution in [2.45, 2.75) is 37.6 Å². The molecule has 3 aromatic rings. The van der Waals surface area contributed by atoms with Gasteiger partial charge in [0, 0.05) is 17.8 Å². The second-order valence-corrected chi connectivity index (χ2v) is 9.52. The monoisotopic (exact) mass is 465 g/mol. The van der Waals surface area contributed by atoms with Gasteiger partial charge in [0.15, 0.2) is 0 Å². The Hall–Kier alpha value is -3.86. The Balaban J connectivity index is 1.36. The second kappa shape index (κ2) is 8.42. The van der Waals surface area contributed by atoms with Crippen LogP contribution in [-0.4, -0.2) is 29.8 Å². The van der Waals surface area contributed by atoms with Crippen LogP contribution in [-0.2, 0) is 16.0 Å². The van der Waals surface area contributed by atoms with Gasteiger partial charge in [0.1, 0.15) is 12.6 Å². The van der Waals surface area contributed by atoms with Crippen LogP contribution in [0.2, 0.25) is 0 Å². The quantitative estimate of drug-likeness (QED) is 0.471. The summed E-state index contributed by atoms with van der Waals surface area (Å²) in [6.45, 7) is 2.18. The van der Waals surface area contributed by atoms with Gasteiger partial charge in [0.2, 0.25) is 0 Å². The number of fused-ring (bicyclic) bond motifs is 6. The van der Waals surface area contributed by atoms with E-state index in [4.69, 9.17) is 4.74 Å². The van der Waals surface area contributed by atoms with Gasteiger partial charge in [-0.2, -0.15) is 0 Å². The molecule has 3 aliphatic rings. The molecule has 176 valence electrons. The highest BCUT2D eigenvalue weighted by Crippen LogP contribution is 2.49. The van der Waals surface area contributed by atoms with Crippen molar-refractivity contribution in [2.24, 2.45) is 5.92 Å². The first-order valence-electron chi connectivity index (χ1n) is 12.3. The zero-order valence-corrected chi connectivity index (χ0v) is 19.6. The van der Waals surface area contributed by atoms with Crippen LogP contribution in [0.15, 0.2) is 78.9 Å². The van der Waals surface area contributed by atoms with Crippen LogP contribution in [0.25, 0.3) is 11.1 Å². The predicted molar refractivity (Wildman–Crippen MR) is 135 cm³/mol. The maximum Gasteiger partial charge on any atom is 0.415 e. The summed E-state index contributed by atoms with van der Waals surface area (Å²) in [6, 6.07) is 21.4. The Morgan fingerprint density at radius 1 is 0.943 bits per heavy atom. The molecule has 35 heavy (non-hydrogen) atoms. The third-order valence-electron chi connectivity index (χ3n) is 7.81. The number of carbonyl (C=O) groups is 2. The number of hydrogen-bond acceptors (Lipinski definition) is 3. The van der Waals surface area contributed by atoms with E-state index in [1.807, 2.05) is 55.5 Å². The SMILES string of the molecule is CCc1cccc2c1N(C(=O)OCC1c3ccccc3-c3ccccc31)[C@H](C(=O)O)[C@@H]1CC=C[C@H]21. The van der Waals surface area contributed by atoms with Gasteiger partial charge in [0.25, 0.3) is 0 Å². The van der Waals surface area contributed by atoms with Crippen LogP contribution in [0.5, 0.6) is 0 Å². The largest absolute Gasteiger partial charge is 0.480 e. The third kappa shape index (κ3) is 3.29. The number of benzene rings is 3. The molecule has 0 saturated carbocycles. The molecule has 1 aliphatic heterocycles. The van der Waals surface area contributed by atoms with E-state index in [0.717, 1.165) is 33.4 Å². The van der Waals surface area contributed by atoms with Crippen molar-refractivity contribution in [3.63, 3.8) is 0 Å².